The number of likely N-dealkylation sites (tertiary alicyclic amines) is 1. The highest BCUT2D eigenvalue weighted by molar-refractivity contribution is 6.33. The van der Waals surface area contributed by atoms with E-state index in [1.54, 1.807) is 39.1 Å². The molecule has 232 valence electrons. The third-order valence-corrected chi connectivity index (χ3v) is 9.40. The lowest BCUT2D eigenvalue weighted by atomic mass is 9.65. The Morgan fingerprint density at radius 1 is 1.23 bits per heavy atom. The van der Waals surface area contributed by atoms with Crippen LogP contribution in [0.5, 0.6) is 5.75 Å². The normalized spacial score (nSPS) is 19.4. The molecular weight excluding hydrogens is 568 g/mol. The number of allylic oxidation sites excluding steroid dienone is 2. The number of carbonyl (C=O) groups is 1. The number of amides is 1. The molecule has 1 aromatic carbocycles. The standard InChI is InChI=1S/C32H43ClN6O4/c1-19-28(27(20(2)34)21(3)40)36-29(25-14-24(6-7-26(25)33)43-16-23(41)15-35-4)37-30(19)39-17-32(18-39)10-8-22(9-11-32)31(42)38-12-5-13-38/h6-7,14,22-23,34-35,40-41H,5,8-13,15-18H2,1-4H3/b27-21+,34-20?/t23-/m1/s1. The van der Waals surface area contributed by atoms with Crippen LogP contribution in [0.3, 0.4) is 0 Å². The maximum absolute atomic E-state index is 12.8. The summed E-state index contributed by atoms with van der Waals surface area (Å²) in [6, 6.07) is 5.21. The SMILES string of the molecule is CNC[C@@H](O)COc1ccc(Cl)c(-c2nc(/C(C(C)=N)=C(\C)O)c(C)c(N3CC4(CCC(C(=O)N5CCC5)CC4)C3)n2)c1. The summed E-state index contributed by atoms with van der Waals surface area (Å²) in [5, 5.41) is 32.4. The van der Waals surface area contributed by atoms with Gasteiger partial charge in [-0.25, -0.2) is 9.97 Å². The molecule has 2 aromatic rings. The number of aromatic nitrogens is 2. The number of anilines is 1. The molecule has 1 spiro atoms. The van der Waals surface area contributed by atoms with E-state index < -0.39 is 6.10 Å². The Kier molecular flexibility index (Phi) is 9.29. The van der Waals surface area contributed by atoms with E-state index in [2.05, 4.69) is 10.2 Å². The minimum Gasteiger partial charge on any atom is -0.512 e. The van der Waals surface area contributed by atoms with E-state index in [0.29, 0.717) is 45.9 Å². The van der Waals surface area contributed by atoms with Crippen molar-refractivity contribution in [1.82, 2.24) is 20.2 Å². The Morgan fingerprint density at radius 2 is 1.93 bits per heavy atom. The van der Waals surface area contributed by atoms with Crippen molar-refractivity contribution in [3.63, 3.8) is 0 Å². The van der Waals surface area contributed by atoms with Crippen LogP contribution in [0.25, 0.3) is 17.0 Å². The highest BCUT2D eigenvalue weighted by Gasteiger charge is 2.48. The summed E-state index contributed by atoms with van der Waals surface area (Å²) in [5.41, 5.74) is 2.55. The minimum atomic E-state index is -0.670. The van der Waals surface area contributed by atoms with Gasteiger partial charge in [-0.15, -0.1) is 0 Å². The van der Waals surface area contributed by atoms with Crippen molar-refractivity contribution >= 4 is 34.6 Å². The predicted octanol–water partition coefficient (Wildman–Crippen LogP) is 4.62. The summed E-state index contributed by atoms with van der Waals surface area (Å²) in [4.78, 5) is 26.9. The van der Waals surface area contributed by atoms with Crippen LogP contribution in [-0.4, -0.2) is 89.2 Å². The zero-order valence-electron chi connectivity index (χ0n) is 25.5. The van der Waals surface area contributed by atoms with Gasteiger partial charge in [-0.1, -0.05) is 11.6 Å². The summed E-state index contributed by atoms with van der Waals surface area (Å²) in [5.74, 6) is 2.12. The number of hydrogen-bond donors (Lipinski definition) is 4. The largest absolute Gasteiger partial charge is 0.512 e. The van der Waals surface area contributed by atoms with Crippen LogP contribution >= 0.6 is 11.6 Å². The smallest absolute Gasteiger partial charge is 0.225 e. The molecular formula is C32H43ClN6O4. The van der Waals surface area contributed by atoms with E-state index in [1.165, 1.54) is 0 Å². The van der Waals surface area contributed by atoms with E-state index in [4.69, 9.17) is 31.7 Å². The van der Waals surface area contributed by atoms with Crippen molar-refractivity contribution in [2.75, 3.05) is 51.3 Å². The maximum atomic E-state index is 12.8. The topological polar surface area (TPSA) is 135 Å². The molecule has 1 saturated carbocycles. The lowest BCUT2D eigenvalue weighted by Crippen LogP contribution is -2.59. The van der Waals surface area contributed by atoms with Crippen molar-refractivity contribution in [3.05, 3.63) is 40.2 Å². The number of benzene rings is 1. The van der Waals surface area contributed by atoms with Gasteiger partial charge in [-0.05, 0) is 78.1 Å². The maximum Gasteiger partial charge on any atom is 0.225 e. The zero-order valence-corrected chi connectivity index (χ0v) is 26.3. The van der Waals surface area contributed by atoms with Crippen molar-refractivity contribution < 1.29 is 19.7 Å². The zero-order chi connectivity index (χ0) is 30.9. The molecule has 1 aliphatic carbocycles. The second kappa shape index (κ2) is 12.8. The molecule has 4 N–H and O–H groups in total. The van der Waals surface area contributed by atoms with Gasteiger partial charge < -0.3 is 35.5 Å². The number of nitrogens with zero attached hydrogens (tertiary/aromatic N) is 4. The quantitative estimate of drug-likeness (QED) is 0.226. The molecule has 3 heterocycles. The molecule has 1 atom stereocenters. The number of ether oxygens (including phenoxy) is 1. The van der Waals surface area contributed by atoms with Crippen molar-refractivity contribution in [2.24, 2.45) is 11.3 Å². The van der Waals surface area contributed by atoms with Gasteiger partial charge in [0, 0.05) is 60.9 Å². The number of halogens is 1. The highest BCUT2D eigenvalue weighted by Crippen LogP contribution is 2.48. The van der Waals surface area contributed by atoms with Crippen molar-refractivity contribution in [1.29, 1.82) is 5.41 Å². The Bertz CT molecular complexity index is 1400. The summed E-state index contributed by atoms with van der Waals surface area (Å²) in [7, 11) is 1.76. The molecule has 0 radical (unpaired) electrons. The fourth-order valence-electron chi connectivity index (χ4n) is 6.55. The average Bonchev–Trinajstić information content (AvgIpc) is 2.91. The van der Waals surface area contributed by atoms with Gasteiger partial charge in [0.15, 0.2) is 5.82 Å². The van der Waals surface area contributed by atoms with E-state index in [1.807, 2.05) is 11.8 Å². The first kappa shape index (κ1) is 31.2. The fourth-order valence-corrected chi connectivity index (χ4v) is 6.75. The molecule has 0 bridgehead atoms. The number of hydrogen-bond acceptors (Lipinski definition) is 9. The van der Waals surface area contributed by atoms with Crippen LogP contribution < -0.4 is 15.0 Å². The van der Waals surface area contributed by atoms with Crippen molar-refractivity contribution in [3.8, 4) is 17.1 Å². The first-order valence-corrected chi connectivity index (χ1v) is 15.5. The summed E-state index contributed by atoms with van der Waals surface area (Å²) < 4.78 is 5.83. The highest BCUT2D eigenvalue weighted by atomic mass is 35.5. The van der Waals surface area contributed by atoms with Gasteiger partial charge >= 0.3 is 0 Å². The fraction of sp³-hybridized carbons (Fsp3) is 0.562. The molecule has 3 aliphatic rings. The first-order valence-electron chi connectivity index (χ1n) is 15.2. The molecule has 10 nitrogen and oxygen atoms in total. The number of likely N-dealkylation sites (N-methyl/N-ethyl adjacent to an activating group) is 1. The van der Waals surface area contributed by atoms with Gasteiger partial charge in [-0.2, -0.15) is 0 Å². The van der Waals surface area contributed by atoms with E-state index >= 15 is 0 Å². The second-order valence-electron chi connectivity index (χ2n) is 12.4. The molecule has 43 heavy (non-hydrogen) atoms. The number of nitrogens with one attached hydrogen (secondary N) is 2. The lowest BCUT2D eigenvalue weighted by Gasteiger charge is -2.54. The van der Waals surface area contributed by atoms with Crippen LogP contribution in [0.15, 0.2) is 24.0 Å². The summed E-state index contributed by atoms with van der Waals surface area (Å²) in [6.45, 7) is 9.10. The number of rotatable bonds is 10. The Morgan fingerprint density at radius 3 is 2.51 bits per heavy atom. The number of aliphatic hydroxyl groups excluding tert-OH is 2. The van der Waals surface area contributed by atoms with E-state index in [0.717, 1.165) is 69.7 Å². The molecule has 2 aliphatic heterocycles. The van der Waals surface area contributed by atoms with Gasteiger partial charge in [0.25, 0.3) is 0 Å². The van der Waals surface area contributed by atoms with Crippen LogP contribution in [0.2, 0.25) is 5.02 Å². The Balaban J connectivity index is 1.43. The minimum absolute atomic E-state index is 0.0122. The van der Waals surface area contributed by atoms with Crippen LogP contribution in [-0.2, 0) is 4.79 Å². The predicted molar refractivity (Wildman–Crippen MR) is 169 cm³/mol. The molecule has 5 rings (SSSR count). The van der Waals surface area contributed by atoms with Crippen LogP contribution in [0.1, 0.15) is 57.2 Å². The van der Waals surface area contributed by atoms with E-state index in [-0.39, 0.29) is 29.4 Å². The molecule has 1 aromatic heterocycles. The van der Waals surface area contributed by atoms with Gasteiger partial charge in [-0.3, -0.25) is 4.79 Å². The van der Waals surface area contributed by atoms with E-state index in [9.17, 15) is 15.0 Å². The Hall–Kier alpha value is -3.21. The van der Waals surface area contributed by atoms with Crippen LogP contribution in [0.4, 0.5) is 5.82 Å². The third kappa shape index (κ3) is 6.51. The molecule has 0 unspecified atom stereocenters. The average molecular weight is 611 g/mol. The monoisotopic (exact) mass is 610 g/mol. The Labute approximate surface area is 258 Å². The molecule has 1 amide bonds. The summed E-state index contributed by atoms with van der Waals surface area (Å²) in [6.07, 6.45) is 4.34. The lowest BCUT2D eigenvalue weighted by molar-refractivity contribution is -0.141. The number of carbonyl (C=O) groups excluding carboxylic acids is 1. The van der Waals surface area contributed by atoms with Gasteiger partial charge in [0.1, 0.15) is 30.0 Å². The van der Waals surface area contributed by atoms with Crippen LogP contribution in [0, 0.1) is 23.7 Å². The molecule has 3 fully saturated rings. The molecule has 11 heteroatoms. The van der Waals surface area contributed by atoms with Gasteiger partial charge in [0.2, 0.25) is 5.91 Å². The van der Waals surface area contributed by atoms with Gasteiger partial charge in [0.05, 0.1) is 16.3 Å². The summed E-state index contributed by atoms with van der Waals surface area (Å²) >= 11 is 6.67. The number of aliphatic hydroxyl groups is 2. The second-order valence-corrected chi connectivity index (χ2v) is 12.8. The van der Waals surface area contributed by atoms with Crippen molar-refractivity contribution in [2.45, 2.75) is 59.0 Å². The first-order chi connectivity index (χ1) is 20.5. The molecule has 2 saturated heterocycles. The third-order valence-electron chi connectivity index (χ3n) is 9.07.